The van der Waals surface area contributed by atoms with Crippen LogP contribution in [-0.2, 0) is 0 Å². The zero-order valence-corrected chi connectivity index (χ0v) is 17.1. The monoisotopic (exact) mass is 480 g/mol. The summed E-state index contributed by atoms with van der Waals surface area (Å²) in [5.74, 6) is -0.857. The fourth-order valence-corrected chi connectivity index (χ4v) is 3.03. The summed E-state index contributed by atoms with van der Waals surface area (Å²) in [7, 11) is 0. The number of furan rings is 1. The van der Waals surface area contributed by atoms with Crippen LogP contribution in [0.4, 0.5) is 0 Å². The molecule has 0 spiro atoms. The number of benzene rings is 2. The van der Waals surface area contributed by atoms with Crippen LogP contribution in [-0.4, -0.2) is 18.1 Å². The molecule has 6 nitrogen and oxygen atoms in total. The van der Waals surface area contributed by atoms with E-state index in [4.69, 9.17) is 32.4 Å². The van der Waals surface area contributed by atoms with E-state index in [1.165, 1.54) is 30.7 Å². The van der Waals surface area contributed by atoms with E-state index in [0.29, 0.717) is 10.6 Å². The first-order valence-corrected chi connectivity index (χ1v) is 9.32. The van der Waals surface area contributed by atoms with Gasteiger partial charge in [0.05, 0.1) is 23.1 Å². The molecule has 0 atom stereocenters. The second-order valence-electron chi connectivity index (χ2n) is 5.37. The fraction of sp³-hybridized carbons (Fsp3) is 0. The SMILES string of the molecule is O=C(Oc1ccc(Br)cc1/C=N/NC(=O)c1ccc(Cl)cc1Cl)c1ccco1. The van der Waals surface area contributed by atoms with Crippen molar-refractivity contribution in [3.8, 4) is 5.75 Å². The van der Waals surface area contributed by atoms with Gasteiger partial charge in [-0.05, 0) is 48.5 Å². The second kappa shape index (κ2) is 9.05. The molecule has 3 aromatic rings. The number of nitrogens with zero attached hydrogens (tertiary/aromatic N) is 1. The van der Waals surface area contributed by atoms with Gasteiger partial charge in [0.25, 0.3) is 5.91 Å². The predicted molar refractivity (Wildman–Crippen MR) is 109 cm³/mol. The topological polar surface area (TPSA) is 80.9 Å². The van der Waals surface area contributed by atoms with Crippen LogP contribution in [0.1, 0.15) is 26.5 Å². The molecule has 0 aliphatic rings. The number of ether oxygens (including phenoxy) is 1. The molecule has 0 saturated carbocycles. The highest BCUT2D eigenvalue weighted by atomic mass is 79.9. The lowest BCUT2D eigenvalue weighted by Gasteiger charge is -2.07. The minimum atomic E-state index is -0.654. The summed E-state index contributed by atoms with van der Waals surface area (Å²) >= 11 is 15.2. The Labute approximate surface area is 178 Å². The van der Waals surface area contributed by atoms with Crippen molar-refractivity contribution in [3.63, 3.8) is 0 Å². The number of esters is 1. The van der Waals surface area contributed by atoms with Crippen molar-refractivity contribution in [2.24, 2.45) is 5.10 Å². The van der Waals surface area contributed by atoms with Crippen LogP contribution in [0.3, 0.4) is 0 Å². The van der Waals surface area contributed by atoms with Crippen LogP contribution in [0.15, 0.2) is 68.8 Å². The van der Waals surface area contributed by atoms with Gasteiger partial charge in [0.15, 0.2) is 0 Å². The Kier molecular flexibility index (Phi) is 6.51. The Hall–Kier alpha value is -2.61. The van der Waals surface area contributed by atoms with Gasteiger partial charge in [-0.1, -0.05) is 39.1 Å². The number of hydrogen-bond donors (Lipinski definition) is 1. The predicted octanol–water partition coefficient (Wildman–Crippen LogP) is 5.33. The first kappa shape index (κ1) is 20.1. The molecule has 3 rings (SSSR count). The Morgan fingerprint density at radius 3 is 2.68 bits per heavy atom. The molecular formula is C19H11BrCl2N2O4. The Bertz CT molecular complexity index is 1050. The summed E-state index contributed by atoms with van der Waals surface area (Å²) in [6.45, 7) is 0. The quantitative estimate of drug-likeness (QED) is 0.231. The third-order valence-electron chi connectivity index (χ3n) is 3.44. The van der Waals surface area contributed by atoms with Crippen LogP contribution >= 0.6 is 39.1 Å². The van der Waals surface area contributed by atoms with E-state index in [9.17, 15) is 9.59 Å². The van der Waals surface area contributed by atoms with Gasteiger partial charge in [-0.2, -0.15) is 5.10 Å². The number of hydrazone groups is 1. The molecule has 0 unspecified atom stereocenters. The molecule has 1 amide bonds. The standard InChI is InChI=1S/C19H11BrCl2N2O4/c20-12-3-6-16(28-19(26)17-2-1-7-27-17)11(8-12)10-23-24-18(25)14-5-4-13(21)9-15(14)22/h1-10H,(H,24,25)/b23-10+. The number of halogens is 3. The molecule has 1 N–H and O–H groups in total. The first-order chi connectivity index (χ1) is 13.4. The Morgan fingerprint density at radius 1 is 1.14 bits per heavy atom. The van der Waals surface area contributed by atoms with Gasteiger partial charge in [-0.25, -0.2) is 10.2 Å². The molecule has 1 heterocycles. The van der Waals surface area contributed by atoms with Gasteiger partial charge in [0.2, 0.25) is 5.76 Å². The minimum absolute atomic E-state index is 0.0662. The van der Waals surface area contributed by atoms with Crippen molar-refractivity contribution in [3.05, 3.63) is 86.2 Å². The summed E-state index contributed by atoms with van der Waals surface area (Å²) in [4.78, 5) is 24.3. The smallest absolute Gasteiger partial charge is 0.379 e. The number of hydrogen-bond acceptors (Lipinski definition) is 5. The molecule has 0 bridgehead atoms. The highest BCUT2D eigenvalue weighted by Gasteiger charge is 2.14. The van der Waals surface area contributed by atoms with Gasteiger partial charge in [0.1, 0.15) is 5.75 Å². The lowest BCUT2D eigenvalue weighted by molar-refractivity contribution is 0.0701. The summed E-state index contributed by atoms with van der Waals surface area (Å²) in [5, 5.41) is 4.52. The fourth-order valence-electron chi connectivity index (χ4n) is 2.15. The van der Waals surface area contributed by atoms with Gasteiger partial charge < -0.3 is 9.15 Å². The van der Waals surface area contributed by atoms with E-state index in [-0.39, 0.29) is 22.1 Å². The molecule has 9 heteroatoms. The van der Waals surface area contributed by atoms with Crippen LogP contribution in [0.5, 0.6) is 5.75 Å². The maximum atomic E-state index is 12.2. The third kappa shape index (κ3) is 5.01. The molecule has 2 aromatic carbocycles. The normalized spacial score (nSPS) is 10.8. The molecule has 142 valence electrons. The summed E-state index contributed by atoms with van der Waals surface area (Å²) in [6.07, 6.45) is 2.72. The second-order valence-corrected chi connectivity index (χ2v) is 7.13. The van der Waals surface area contributed by atoms with Crippen molar-refractivity contribution in [2.75, 3.05) is 0 Å². The molecule has 28 heavy (non-hydrogen) atoms. The van der Waals surface area contributed by atoms with E-state index < -0.39 is 11.9 Å². The molecule has 0 fully saturated rings. The van der Waals surface area contributed by atoms with Gasteiger partial charge in [0, 0.05) is 15.1 Å². The van der Waals surface area contributed by atoms with Gasteiger partial charge >= 0.3 is 5.97 Å². The largest absolute Gasteiger partial charge is 0.457 e. The highest BCUT2D eigenvalue weighted by molar-refractivity contribution is 9.10. The van der Waals surface area contributed by atoms with E-state index in [1.807, 2.05) is 0 Å². The number of amides is 1. The van der Waals surface area contributed by atoms with Crippen LogP contribution in [0, 0.1) is 0 Å². The van der Waals surface area contributed by atoms with Crippen molar-refractivity contribution in [1.29, 1.82) is 0 Å². The van der Waals surface area contributed by atoms with E-state index in [0.717, 1.165) is 4.47 Å². The van der Waals surface area contributed by atoms with Gasteiger partial charge in [-0.15, -0.1) is 0 Å². The van der Waals surface area contributed by atoms with Gasteiger partial charge in [-0.3, -0.25) is 4.79 Å². The number of carbonyl (C=O) groups excluding carboxylic acids is 2. The van der Waals surface area contributed by atoms with Crippen LogP contribution in [0.2, 0.25) is 10.0 Å². The van der Waals surface area contributed by atoms with E-state index >= 15 is 0 Å². The summed E-state index contributed by atoms with van der Waals surface area (Å²) in [5.41, 5.74) is 3.04. The third-order valence-corrected chi connectivity index (χ3v) is 4.48. The lowest BCUT2D eigenvalue weighted by atomic mass is 10.2. The molecule has 0 radical (unpaired) electrons. The highest BCUT2D eigenvalue weighted by Crippen LogP contribution is 2.23. The van der Waals surface area contributed by atoms with Crippen molar-refractivity contribution in [2.45, 2.75) is 0 Å². The van der Waals surface area contributed by atoms with Crippen molar-refractivity contribution < 1.29 is 18.7 Å². The number of nitrogens with one attached hydrogen (secondary N) is 1. The average Bonchev–Trinajstić information content (AvgIpc) is 3.18. The molecule has 0 aliphatic carbocycles. The Morgan fingerprint density at radius 2 is 1.96 bits per heavy atom. The number of rotatable bonds is 5. The molecule has 0 aliphatic heterocycles. The molecule has 1 aromatic heterocycles. The first-order valence-electron chi connectivity index (χ1n) is 7.78. The zero-order valence-electron chi connectivity index (χ0n) is 14.0. The maximum absolute atomic E-state index is 12.2. The van der Waals surface area contributed by atoms with Crippen LogP contribution in [0.25, 0.3) is 0 Å². The van der Waals surface area contributed by atoms with Crippen molar-refractivity contribution >= 4 is 57.2 Å². The molecule has 0 saturated heterocycles. The molecular weight excluding hydrogens is 471 g/mol. The minimum Gasteiger partial charge on any atom is -0.457 e. The zero-order chi connectivity index (χ0) is 20.1. The summed E-state index contributed by atoms with van der Waals surface area (Å²) < 4.78 is 11.1. The van der Waals surface area contributed by atoms with Crippen LogP contribution < -0.4 is 10.2 Å². The van der Waals surface area contributed by atoms with E-state index in [2.05, 4.69) is 26.5 Å². The van der Waals surface area contributed by atoms with Crippen molar-refractivity contribution in [1.82, 2.24) is 5.43 Å². The number of carbonyl (C=O) groups is 2. The lowest BCUT2D eigenvalue weighted by Crippen LogP contribution is -2.18. The average molecular weight is 482 g/mol. The maximum Gasteiger partial charge on any atom is 0.379 e. The van der Waals surface area contributed by atoms with E-state index in [1.54, 1.807) is 30.3 Å². The Balaban J connectivity index is 1.75. The summed E-state index contributed by atoms with van der Waals surface area (Å²) in [6, 6.07) is 12.5.